The van der Waals surface area contributed by atoms with Crippen LogP contribution < -0.4 is 11.1 Å². The fourth-order valence-corrected chi connectivity index (χ4v) is 3.02. The summed E-state index contributed by atoms with van der Waals surface area (Å²) >= 11 is 0. The molecule has 0 radical (unpaired) electrons. The Morgan fingerprint density at radius 3 is 2.53 bits per heavy atom. The number of aryl methyl sites for hydroxylation is 1. The summed E-state index contributed by atoms with van der Waals surface area (Å²) in [6, 6.07) is 10.8. The maximum Gasteiger partial charge on any atom is 0.223 e. The molecule has 0 aliphatic rings. The van der Waals surface area contributed by atoms with Crippen LogP contribution in [0.5, 0.6) is 0 Å². The zero-order valence-corrected chi connectivity index (χ0v) is 19.1. The normalized spacial score (nSPS) is 13.9. The molecule has 0 fully saturated rings. The molecule has 2 aromatic rings. The largest absolute Gasteiger partial charge is 0.352 e. The van der Waals surface area contributed by atoms with E-state index in [4.69, 9.17) is 10.7 Å². The number of benzene rings is 1. The number of aromatic nitrogens is 2. The molecular weight excluding hydrogens is 370 g/mol. The molecule has 5 nitrogen and oxygen atoms in total. The van der Waals surface area contributed by atoms with Crippen LogP contribution in [0.3, 0.4) is 0 Å². The average Bonchev–Trinajstić information content (AvgIpc) is 2.75. The van der Waals surface area contributed by atoms with Crippen LogP contribution in [0.1, 0.15) is 50.9 Å². The predicted octanol–water partition coefficient (Wildman–Crippen LogP) is 5.23. The van der Waals surface area contributed by atoms with Gasteiger partial charge in [0.15, 0.2) is 0 Å². The number of hydrogen-bond donors (Lipinski definition) is 2. The van der Waals surface area contributed by atoms with Crippen molar-refractivity contribution in [1.29, 1.82) is 0 Å². The van der Waals surface area contributed by atoms with Gasteiger partial charge in [0.25, 0.3) is 0 Å². The van der Waals surface area contributed by atoms with Crippen molar-refractivity contribution in [2.75, 3.05) is 18.9 Å². The molecule has 1 atom stereocenters. The molecule has 1 aromatic heterocycles. The van der Waals surface area contributed by atoms with Crippen molar-refractivity contribution in [3.63, 3.8) is 0 Å². The third kappa shape index (κ3) is 6.29. The molecule has 2 rings (SSSR count). The van der Waals surface area contributed by atoms with Crippen molar-refractivity contribution in [3.05, 3.63) is 77.3 Å². The Labute approximate surface area is 181 Å². The monoisotopic (exact) mass is 405 g/mol. The van der Waals surface area contributed by atoms with E-state index in [1.54, 1.807) is 0 Å². The van der Waals surface area contributed by atoms with E-state index >= 15 is 0 Å². The molecule has 0 aliphatic carbocycles. The molecule has 1 heterocycles. The second-order valence-corrected chi connectivity index (χ2v) is 7.55. The first-order valence-electron chi connectivity index (χ1n) is 10.5. The Balaban J connectivity index is 2.55. The summed E-state index contributed by atoms with van der Waals surface area (Å²) < 4.78 is 0. The Bertz CT molecular complexity index is 909. The molecule has 3 N–H and O–H groups in total. The second kappa shape index (κ2) is 11.3. The average molecular weight is 406 g/mol. The van der Waals surface area contributed by atoms with Crippen molar-refractivity contribution < 1.29 is 0 Å². The minimum absolute atomic E-state index is 0.310. The number of hydrogen-bond acceptors (Lipinski definition) is 5. The van der Waals surface area contributed by atoms with Crippen LogP contribution in [0.2, 0.25) is 0 Å². The van der Waals surface area contributed by atoms with Crippen LogP contribution >= 0.6 is 0 Å². The number of nitrogens with zero attached hydrogens (tertiary/aromatic N) is 3. The molecule has 5 heteroatoms. The highest BCUT2D eigenvalue weighted by molar-refractivity contribution is 5.88. The van der Waals surface area contributed by atoms with Crippen molar-refractivity contribution in [2.45, 2.75) is 47.1 Å². The first-order chi connectivity index (χ1) is 14.4. The summed E-state index contributed by atoms with van der Waals surface area (Å²) in [5.41, 5.74) is 12.3. The van der Waals surface area contributed by atoms with Crippen molar-refractivity contribution in [3.8, 4) is 0 Å². The number of rotatable bonds is 9. The molecule has 30 heavy (non-hydrogen) atoms. The zero-order valence-electron chi connectivity index (χ0n) is 19.1. The first kappa shape index (κ1) is 23.4. The van der Waals surface area contributed by atoms with Gasteiger partial charge in [-0.1, -0.05) is 42.8 Å². The van der Waals surface area contributed by atoms with Crippen LogP contribution in [0.4, 0.5) is 5.95 Å². The lowest BCUT2D eigenvalue weighted by Gasteiger charge is -2.22. The van der Waals surface area contributed by atoms with E-state index < -0.39 is 0 Å². The minimum atomic E-state index is 0.310. The Morgan fingerprint density at radius 2 is 1.93 bits per heavy atom. The van der Waals surface area contributed by atoms with Gasteiger partial charge in [-0.15, -0.1) is 0 Å². The SMILES string of the molecule is C/C=C(\C=C/N(C)/C(=C(\C)c1ccc(C)cc1)c1ccnc(NC(C)CC)n1)CN. The lowest BCUT2D eigenvalue weighted by atomic mass is 10.0. The molecular formula is C25H35N5. The summed E-state index contributed by atoms with van der Waals surface area (Å²) in [5.74, 6) is 0.643. The van der Waals surface area contributed by atoms with Crippen LogP contribution in [0.25, 0.3) is 11.3 Å². The van der Waals surface area contributed by atoms with Crippen molar-refractivity contribution >= 4 is 17.2 Å². The van der Waals surface area contributed by atoms with Gasteiger partial charge in [-0.3, -0.25) is 0 Å². The molecule has 1 unspecified atom stereocenters. The number of nitrogens with two attached hydrogens (primary N) is 1. The Kier molecular flexibility index (Phi) is 8.81. The number of anilines is 1. The summed E-state index contributed by atoms with van der Waals surface area (Å²) in [6.45, 7) is 11.0. The molecule has 1 aromatic carbocycles. The van der Waals surface area contributed by atoms with Gasteiger partial charge in [0, 0.05) is 32.0 Å². The van der Waals surface area contributed by atoms with Crippen LogP contribution in [0, 0.1) is 6.92 Å². The van der Waals surface area contributed by atoms with Gasteiger partial charge in [0.05, 0.1) is 11.4 Å². The van der Waals surface area contributed by atoms with E-state index in [0.717, 1.165) is 34.5 Å². The highest BCUT2D eigenvalue weighted by Crippen LogP contribution is 2.28. The standard InChI is InChI=1S/C25H35N5/c1-7-19(4)28-25-27-15-13-23(29-25)24(30(6)16-14-21(8-2)17-26)20(5)22-11-9-18(3)10-12-22/h8-16,19H,7,17,26H2,1-6H3,(H,27,28,29)/b16-14-,21-8+,24-20+. The van der Waals surface area contributed by atoms with Gasteiger partial charge >= 0.3 is 0 Å². The van der Waals surface area contributed by atoms with Crippen LogP contribution in [-0.2, 0) is 0 Å². The maximum atomic E-state index is 5.82. The fourth-order valence-electron chi connectivity index (χ4n) is 3.02. The highest BCUT2D eigenvalue weighted by atomic mass is 15.1. The third-order valence-corrected chi connectivity index (χ3v) is 5.20. The van der Waals surface area contributed by atoms with Gasteiger partial charge in [0.1, 0.15) is 0 Å². The summed E-state index contributed by atoms with van der Waals surface area (Å²) in [4.78, 5) is 11.3. The van der Waals surface area contributed by atoms with Gasteiger partial charge in [-0.25, -0.2) is 9.97 Å². The minimum Gasteiger partial charge on any atom is -0.352 e. The first-order valence-corrected chi connectivity index (χ1v) is 10.5. The Hall–Kier alpha value is -2.92. The van der Waals surface area contributed by atoms with Crippen LogP contribution in [0.15, 0.2) is 60.5 Å². The van der Waals surface area contributed by atoms with E-state index in [2.05, 4.69) is 67.2 Å². The third-order valence-electron chi connectivity index (χ3n) is 5.20. The summed E-state index contributed by atoms with van der Waals surface area (Å²) in [6.07, 6.45) is 8.93. The van der Waals surface area contributed by atoms with Crippen molar-refractivity contribution in [2.24, 2.45) is 5.73 Å². The quantitative estimate of drug-likeness (QED) is 0.559. The molecule has 160 valence electrons. The number of nitrogens with one attached hydrogen (secondary N) is 1. The van der Waals surface area contributed by atoms with E-state index in [0.29, 0.717) is 18.5 Å². The topological polar surface area (TPSA) is 67.1 Å². The fraction of sp³-hybridized carbons (Fsp3) is 0.360. The molecule has 0 spiro atoms. The molecule has 0 aliphatic heterocycles. The van der Waals surface area contributed by atoms with Crippen LogP contribution in [-0.4, -0.2) is 34.5 Å². The van der Waals surface area contributed by atoms with E-state index in [9.17, 15) is 0 Å². The van der Waals surface area contributed by atoms with Gasteiger partial charge < -0.3 is 16.0 Å². The van der Waals surface area contributed by atoms with Gasteiger partial charge in [0.2, 0.25) is 5.95 Å². The van der Waals surface area contributed by atoms with E-state index in [1.165, 1.54) is 5.56 Å². The predicted molar refractivity (Wildman–Crippen MR) is 129 cm³/mol. The highest BCUT2D eigenvalue weighted by Gasteiger charge is 2.14. The summed E-state index contributed by atoms with van der Waals surface area (Å²) in [5, 5.41) is 3.37. The van der Waals surface area contributed by atoms with Gasteiger partial charge in [-0.05, 0) is 63.0 Å². The molecule has 0 amide bonds. The van der Waals surface area contributed by atoms with E-state index in [-0.39, 0.29) is 0 Å². The van der Waals surface area contributed by atoms with E-state index in [1.807, 2.05) is 44.6 Å². The lowest BCUT2D eigenvalue weighted by Crippen LogP contribution is -2.18. The molecule has 0 saturated carbocycles. The maximum absolute atomic E-state index is 5.82. The zero-order chi connectivity index (χ0) is 22.1. The second-order valence-electron chi connectivity index (χ2n) is 7.55. The molecule has 0 bridgehead atoms. The smallest absolute Gasteiger partial charge is 0.223 e. The van der Waals surface area contributed by atoms with Gasteiger partial charge in [-0.2, -0.15) is 0 Å². The molecule has 0 saturated heterocycles. The number of allylic oxidation sites excluding steroid dienone is 2. The Morgan fingerprint density at radius 1 is 1.23 bits per heavy atom. The summed E-state index contributed by atoms with van der Waals surface area (Å²) in [7, 11) is 2.04. The van der Waals surface area contributed by atoms with Crippen molar-refractivity contribution in [1.82, 2.24) is 14.9 Å². The lowest BCUT2D eigenvalue weighted by molar-refractivity contribution is 0.650.